The first-order valence-corrected chi connectivity index (χ1v) is 7.67. The first kappa shape index (κ1) is 15.5. The lowest BCUT2D eigenvalue weighted by Crippen LogP contribution is -2.54. The highest BCUT2D eigenvalue weighted by Crippen LogP contribution is 2.24. The third-order valence-electron chi connectivity index (χ3n) is 4.35. The summed E-state index contributed by atoms with van der Waals surface area (Å²) < 4.78 is 0. The lowest BCUT2D eigenvalue weighted by atomic mass is 10.0. The molecule has 0 bridgehead atoms. The average Bonchev–Trinajstić information content (AvgIpc) is 2.39. The van der Waals surface area contributed by atoms with Crippen LogP contribution < -0.4 is 5.73 Å². The largest absolute Gasteiger partial charge is 0.329 e. The Kier molecular flexibility index (Phi) is 4.84. The maximum absolute atomic E-state index is 6.05. The van der Waals surface area contributed by atoms with E-state index in [0.29, 0.717) is 12.6 Å². The molecule has 1 aliphatic heterocycles. The molecule has 112 valence electrons. The van der Waals surface area contributed by atoms with Gasteiger partial charge in [-0.05, 0) is 33.3 Å². The van der Waals surface area contributed by atoms with Gasteiger partial charge in [0.15, 0.2) is 0 Å². The van der Waals surface area contributed by atoms with E-state index in [0.717, 1.165) is 26.2 Å². The molecule has 1 unspecified atom stereocenters. The smallest absolute Gasteiger partial charge is 0.0471 e. The Morgan fingerprint density at radius 3 is 2.30 bits per heavy atom. The van der Waals surface area contributed by atoms with Gasteiger partial charge in [0.1, 0.15) is 0 Å². The predicted molar refractivity (Wildman–Crippen MR) is 85.9 cm³/mol. The van der Waals surface area contributed by atoms with Crippen molar-refractivity contribution in [3.63, 3.8) is 0 Å². The van der Waals surface area contributed by atoms with Crippen LogP contribution in [0.25, 0.3) is 0 Å². The van der Waals surface area contributed by atoms with Crippen molar-refractivity contribution in [2.24, 2.45) is 5.73 Å². The second-order valence-corrected chi connectivity index (χ2v) is 6.86. The summed E-state index contributed by atoms with van der Waals surface area (Å²) in [7, 11) is 0. The lowest BCUT2D eigenvalue weighted by Gasteiger charge is -2.44. The molecule has 0 radical (unpaired) electrons. The molecule has 0 aliphatic carbocycles. The Morgan fingerprint density at radius 1 is 1.15 bits per heavy atom. The van der Waals surface area contributed by atoms with Crippen LogP contribution in [0, 0.1) is 6.92 Å². The molecule has 1 saturated heterocycles. The van der Waals surface area contributed by atoms with Gasteiger partial charge >= 0.3 is 0 Å². The highest BCUT2D eigenvalue weighted by atomic mass is 15.3. The molecule has 2 N–H and O–H groups in total. The van der Waals surface area contributed by atoms with E-state index >= 15 is 0 Å². The van der Waals surface area contributed by atoms with Crippen LogP contribution in [0.5, 0.6) is 0 Å². The zero-order chi connectivity index (χ0) is 14.8. The Bertz CT molecular complexity index is 428. The van der Waals surface area contributed by atoms with Gasteiger partial charge in [0, 0.05) is 44.3 Å². The number of benzene rings is 1. The van der Waals surface area contributed by atoms with Crippen LogP contribution in [0.3, 0.4) is 0 Å². The van der Waals surface area contributed by atoms with Gasteiger partial charge in [-0.25, -0.2) is 0 Å². The summed E-state index contributed by atoms with van der Waals surface area (Å²) in [5, 5.41) is 0. The Hall–Kier alpha value is -0.900. The fraction of sp³-hybridized carbons (Fsp3) is 0.647. The van der Waals surface area contributed by atoms with Crippen molar-refractivity contribution in [2.75, 3.05) is 32.7 Å². The minimum atomic E-state index is 0.271. The molecular formula is C17H29N3. The maximum Gasteiger partial charge on any atom is 0.0471 e. The third kappa shape index (κ3) is 3.60. The number of aryl methyl sites for hydroxylation is 1. The van der Waals surface area contributed by atoms with Crippen molar-refractivity contribution in [2.45, 2.75) is 39.3 Å². The summed E-state index contributed by atoms with van der Waals surface area (Å²) in [6.07, 6.45) is 0. The highest BCUT2D eigenvalue weighted by molar-refractivity contribution is 5.25. The van der Waals surface area contributed by atoms with E-state index in [-0.39, 0.29) is 5.54 Å². The molecule has 1 aliphatic rings. The van der Waals surface area contributed by atoms with E-state index in [9.17, 15) is 0 Å². The number of hydrogen-bond acceptors (Lipinski definition) is 3. The molecule has 20 heavy (non-hydrogen) atoms. The fourth-order valence-electron chi connectivity index (χ4n) is 3.08. The van der Waals surface area contributed by atoms with E-state index < -0.39 is 0 Å². The van der Waals surface area contributed by atoms with Gasteiger partial charge in [-0.2, -0.15) is 0 Å². The van der Waals surface area contributed by atoms with Crippen LogP contribution in [0.4, 0.5) is 0 Å². The fourth-order valence-corrected chi connectivity index (χ4v) is 3.08. The number of rotatable bonds is 3. The number of hydrogen-bond donors (Lipinski definition) is 1. The highest BCUT2D eigenvalue weighted by Gasteiger charge is 2.29. The lowest BCUT2D eigenvalue weighted by molar-refractivity contribution is 0.0433. The number of nitrogens with two attached hydrogens (primary N) is 1. The minimum Gasteiger partial charge on any atom is -0.329 e. The Labute approximate surface area is 123 Å². The van der Waals surface area contributed by atoms with Gasteiger partial charge in [-0.3, -0.25) is 9.80 Å². The molecule has 3 heteroatoms. The van der Waals surface area contributed by atoms with Crippen LogP contribution in [0.2, 0.25) is 0 Å². The summed E-state index contributed by atoms with van der Waals surface area (Å²) in [5.41, 5.74) is 8.99. The van der Waals surface area contributed by atoms with Crippen LogP contribution in [0.1, 0.15) is 37.9 Å². The van der Waals surface area contributed by atoms with Crippen LogP contribution in [0.15, 0.2) is 24.3 Å². The van der Waals surface area contributed by atoms with Gasteiger partial charge < -0.3 is 5.73 Å². The zero-order valence-corrected chi connectivity index (χ0v) is 13.4. The van der Waals surface area contributed by atoms with Crippen LogP contribution >= 0.6 is 0 Å². The van der Waals surface area contributed by atoms with E-state index in [1.54, 1.807) is 0 Å². The van der Waals surface area contributed by atoms with E-state index in [4.69, 9.17) is 5.73 Å². The van der Waals surface area contributed by atoms with Crippen molar-refractivity contribution in [1.82, 2.24) is 9.80 Å². The van der Waals surface area contributed by atoms with Crippen LogP contribution in [-0.4, -0.2) is 48.1 Å². The van der Waals surface area contributed by atoms with Crippen LogP contribution in [-0.2, 0) is 0 Å². The van der Waals surface area contributed by atoms with Crippen molar-refractivity contribution in [1.29, 1.82) is 0 Å². The predicted octanol–water partition coefficient (Wildman–Crippen LogP) is 2.41. The molecule has 0 aromatic heterocycles. The molecule has 1 fully saturated rings. The van der Waals surface area contributed by atoms with Crippen molar-refractivity contribution in [3.05, 3.63) is 35.4 Å². The van der Waals surface area contributed by atoms with E-state index in [2.05, 4.69) is 61.8 Å². The summed E-state index contributed by atoms with van der Waals surface area (Å²) in [6.45, 7) is 14.2. The van der Waals surface area contributed by atoms with Gasteiger partial charge in [0.05, 0.1) is 0 Å². The molecule has 1 aromatic rings. The Balaban J connectivity index is 2.04. The van der Waals surface area contributed by atoms with Gasteiger partial charge in [-0.1, -0.05) is 29.8 Å². The number of nitrogens with zero attached hydrogens (tertiary/aromatic N) is 2. The van der Waals surface area contributed by atoms with E-state index in [1.165, 1.54) is 11.1 Å². The standard InChI is InChI=1S/C17H29N3/c1-14-6-5-7-15(12-14)16(13-18)19-8-10-20(11-9-19)17(2,3)4/h5-7,12,16H,8-11,13,18H2,1-4H3. The topological polar surface area (TPSA) is 32.5 Å². The monoisotopic (exact) mass is 275 g/mol. The summed E-state index contributed by atoms with van der Waals surface area (Å²) in [6, 6.07) is 9.12. The quantitative estimate of drug-likeness (QED) is 0.919. The molecule has 3 nitrogen and oxygen atoms in total. The molecular weight excluding hydrogens is 246 g/mol. The SMILES string of the molecule is Cc1cccc(C(CN)N2CCN(C(C)(C)C)CC2)c1. The normalized spacial score (nSPS) is 20.1. The van der Waals surface area contributed by atoms with Crippen molar-refractivity contribution in [3.8, 4) is 0 Å². The van der Waals surface area contributed by atoms with Gasteiger partial charge in [0.2, 0.25) is 0 Å². The number of piperazine rings is 1. The molecule has 2 rings (SSSR count). The zero-order valence-electron chi connectivity index (χ0n) is 13.4. The molecule has 0 spiro atoms. The summed E-state index contributed by atoms with van der Waals surface area (Å²) in [5.74, 6) is 0. The Morgan fingerprint density at radius 2 is 1.80 bits per heavy atom. The van der Waals surface area contributed by atoms with Gasteiger partial charge in [-0.15, -0.1) is 0 Å². The third-order valence-corrected chi connectivity index (χ3v) is 4.35. The molecule has 0 amide bonds. The summed E-state index contributed by atoms with van der Waals surface area (Å²) in [4.78, 5) is 5.10. The van der Waals surface area contributed by atoms with Crippen molar-refractivity contribution >= 4 is 0 Å². The second-order valence-electron chi connectivity index (χ2n) is 6.86. The van der Waals surface area contributed by atoms with Crippen molar-refractivity contribution < 1.29 is 0 Å². The first-order valence-electron chi connectivity index (χ1n) is 7.67. The molecule has 1 heterocycles. The van der Waals surface area contributed by atoms with Gasteiger partial charge in [0.25, 0.3) is 0 Å². The minimum absolute atomic E-state index is 0.271. The second kappa shape index (κ2) is 6.25. The molecule has 0 saturated carbocycles. The molecule has 1 atom stereocenters. The summed E-state index contributed by atoms with van der Waals surface area (Å²) >= 11 is 0. The maximum atomic E-state index is 6.05. The average molecular weight is 275 g/mol. The molecule has 1 aromatic carbocycles. The first-order chi connectivity index (χ1) is 9.41. The van der Waals surface area contributed by atoms with E-state index in [1.807, 2.05) is 0 Å².